The highest BCUT2D eigenvalue weighted by Crippen LogP contribution is 2.41. The van der Waals surface area contributed by atoms with Crippen molar-refractivity contribution in [2.24, 2.45) is 15.8 Å². The Labute approximate surface area is 324 Å². The van der Waals surface area contributed by atoms with Crippen LogP contribution in [0.25, 0.3) is 22.8 Å². The molecule has 1 aromatic heterocycles. The fourth-order valence-electron chi connectivity index (χ4n) is 7.32. The Morgan fingerprint density at radius 3 is 1.78 bits per heavy atom. The molecule has 0 fully saturated rings. The molecule has 2 amide bonds. The number of aliphatic hydroxyl groups excluding tert-OH is 1. The molecule has 0 saturated heterocycles. The fraction of sp³-hybridized carbons (Fsp3) is 0.432. The minimum absolute atomic E-state index is 0.0365. The molecule has 294 valence electrons. The summed E-state index contributed by atoms with van der Waals surface area (Å²) in [6.07, 6.45) is 5.44. The average molecular weight is 753 g/mol. The molecule has 2 aromatic carbocycles. The lowest BCUT2D eigenvalue weighted by molar-refractivity contribution is -0.137. The number of H-pyrrole nitrogens is 1. The van der Waals surface area contributed by atoms with Gasteiger partial charge in [-0.2, -0.15) is 0 Å². The van der Waals surface area contributed by atoms with Crippen LogP contribution < -0.4 is 10.6 Å². The number of amidine groups is 1. The van der Waals surface area contributed by atoms with Gasteiger partial charge >= 0.3 is 11.9 Å². The van der Waals surface area contributed by atoms with Crippen LogP contribution in [0.5, 0.6) is 0 Å². The summed E-state index contributed by atoms with van der Waals surface area (Å²) in [6, 6.07) is 18.5. The molecule has 0 bridgehead atoms. The zero-order valence-electron chi connectivity index (χ0n) is 33.3. The number of nitrogens with zero attached hydrogens (tertiary/aromatic N) is 1. The first kappa shape index (κ1) is 42.5. The Balaban J connectivity index is 2.07. The third-order valence-electron chi connectivity index (χ3n) is 11.0. The van der Waals surface area contributed by atoms with Gasteiger partial charge < -0.3 is 30.2 Å². The van der Waals surface area contributed by atoms with E-state index in [1.165, 1.54) is 0 Å². The molecule has 11 nitrogen and oxygen atoms in total. The van der Waals surface area contributed by atoms with Crippen molar-refractivity contribution < 1.29 is 33.8 Å². The number of rotatable bonds is 18. The van der Waals surface area contributed by atoms with Gasteiger partial charge in [0.05, 0.1) is 24.6 Å². The van der Waals surface area contributed by atoms with Gasteiger partial charge in [0.25, 0.3) is 0 Å². The van der Waals surface area contributed by atoms with Gasteiger partial charge in [0.1, 0.15) is 22.8 Å². The summed E-state index contributed by atoms with van der Waals surface area (Å²) in [4.78, 5) is 64.1. The van der Waals surface area contributed by atoms with Crippen LogP contribution in [0, 0.1) is 10.8 Å². The Hall–Kier alpha value is -5.29. The van der Waals surface area contributed by atoms with Gasteiger partial charge in [-0.3, -0.25) is 9.59 Å². The number of benzene rings is 2. The highest BCUT2D eigenvalue weighted by atomic mass is 16.5. The minimum atomic E-state index is -0.809. The van der Waals surface area contributed by atoms with E-state index in [1.54, 1.807) is 19.9 Å². The van der Waals surface area contributed by atoms with E-state index >= 15 is 0 Å². The first-order valence-electron chi connectivity index (χ1n) is 19.5. The molecule has 1 aliphatic heterocycles. The normalized spacial score (nSPS) is 13.8. The first-order chi connectivity index (χ1) is 26.5. The SMILES string of the molecule is CCOC(=O)C1=C(c2ccccc2)C(=Cc2[nH]c(NC(=O)C(CC)(CC)CC)c(C(=O)OCC)c2-c2ccccc2)N=C1NC(=O)C(CC)(CC)CCCO. The molecule has 4 N–H and O–H groups in total. The Kier molecular flexibility index (Phi) is 14.9. The number of aromatic nitrogens is 1. The molecule has 0 atom stereocenters. The van der Waals surface area contributed by atoms with Gasteiger partial charge in [-0.1, -0.05) is 95.3 Å². The smallest absolute Gasteiger partial charge is 0.342 e. The standard InChI is InChI=1S/C44H56N4O7/c1-8-43(9-2,10-3)41(52)47-37-35(39(50)54-13-6)33(29-22-17-15-18-23-29)31(45-37)28-32-34(30-24-19-16-20-25-30)36(40(51)55-14-7)38(46-32)48-42(53)44(11-4,12-5)26-21-27-49/h15-20,22-25,28,45,49H,8-14,21,26-27H2,1-7H3,(H,47,52)(H,46,48,53). The lowest BCUT2D eigenvalue weighted by Gasteiger charge is -2.30. The lowest BCUT2D eigenvalue weighted by Crippen LogP contribution is -2.44. The number of allylic oxidation sites excluding steroid dienone is 1. The fourth-order valence-corrected chi connectivity index (χ4v) is 7.32. The second-order valence-corrected chi connectivity index (χ2v) is 13.6. The zero-order chi connectivity index (χ0) is 40.2. The molecule has 11 heteroatoms. The molecule has 0 saturated carbocycles. The largest absolute Gasteiger partial charge is 0.462 e. The van der Waals surface area contributed by atoms with Crippen LogP contribution in [0.3, 0.4) is 0 Å². The van der Waals surface area contributed by atoms with Gasteiger partial charge in [0.2, 0.25) is 11.8 Å². The van der Waals surface area contributed by atoms with Crippen molar-refractivity contribution in [2.75, 3.05) is 25.1 Å². The van der Waals surface area contributed by atoms with Gasteiger partial charge in [0.15, 0.2) is 0 Å². The Morgan fingerprint density at radius 2 is 1.25 bits per heavy atom. The van der Waals surface area contributed by atoms with Crippen LogP contribution >= 0.6 is 0 Å². The van der Waals surface area contributed by atoms with Gasteiger partial charge in [-0.05, 0) is 76.0 Å². The number of aliphatic imine (C=N–C) groups is 1. The molecule has 0 aliphatic carbocycles. The highest BCUT2D eigenvalue weighted by molar-refractivity contribution is 6.31. The minimum Gasteiger partial charge on any atom is -0.462 e. The summed E-state index contributed by atoms with van der Waals surface area (Å²) in [6.45, 7) is 13.4. The van der Waals surface area contributed by atoms with E-state index in [2.05, 4.69) is 15.6 Å². The highest BCUT2D eigenvalue weighted by Gasteiger charge is 2.40. The van der Waals surface area contributed by atoms with Gasteiger partial charge in [-0.15, -0.1) is 0 Å². The van der Waals surface area contributed by atoms with Crippen molar-refractivity contribution >= 4 is 47.1 Å². The maximum atomic E-state index is 14.1. The summed E-state index contributed by atoms with van der Waals surface area (Å²) >= 11 is 0. The number of carbonyl (C=O) groups excluding carboxylic acids is 4. The summed E-state index contributed by atoms with van der Waals surface area (Å²) in [5.74, 6) is -1.61. The molecule has 55 heavy (non-hydrogen) atoms. The second-order valence-electron chi connectivity index (χ2n) is 13.6. The Bertz CT molecular complexity index is 1910. The van der Waals surface area contributed by atoms with Crippen molar-refractivity contribution in [1.82, 2.24) is 10.3 Å². The molecule has 2 heterocycles. The number of esters is 2. The Morgan fingerprint density at radius 1 is 0.727 bits per heavy atom. The number of amides is 2. The number of hydrogen-bond acceptors (Lipinski definition) is 8. The van der Waals surface area contributed by atoms with Crippen LogP contribution in [0.4, 0.5) is 5.82 Å². The summed E-state index contributed by atoms with van der Waals surface area (Å²) in [7, 11) is 0. The van der Waals surface area contributed by atoms with Crippen molar-refractivity contribution in [3.05, 3.63) is 88.8 Å². The second kappa shape index (κ2) is 19.3. The van der Waals surface area contributed by atoms with Crippen molar-refractivity contribution in [2.45, 2.75) is 93.4 Å². The van der Waals surface area contributed by atoms with Crippen LogP contribution in [0.1, 0.15) is 115 Å². The van der Waals surface area contributed by atoms with E-state index in [0.717, 1.165) is 0 Å². The van der Waals surface area contributed by atoms with Gasteiger partial charge in [-0.25, -0.2) is 14.6 Å². The van der Waals surface area contributed by atoms with Crippen molar-refractivity contribution in [3.63, 3.8) is 0 Å². The first-order valence-corrected chi connectivity index (χ1v) is 19.5. The van der Waals surface area contributed by atoms with Crippen LogP contribution in [-0.2, 0) is 23.9 Å². The van der Waals surface area contributed by atoms with E-state index < -0.39 is 22.8 Å². The number of hydrogen-bond donors (Lipinski definition) is 4. The van der Waals surface area contributed by atoms with E-state index in [0.29, 0.717) is 78.6 Å². The number of nitrogens with one attached hydrogen (secondary N) is 3. The quantitative estimate of drug-likeness (QED) is 0.0949. The molecule has 4 rings (SSSR count). The van der Waals surface area contributed by atoms with Crippen molar-refractivity contribution in [1.29, 1.82) is 0 Å². The number of aromatic amines is 1. The molecular weight excluding hydrogens is 697 g/mol. The monoisotopic (exact) mass is 752 g/mol. The number of ether oxygens (including phenoxy) is 2. The summed E-state index contributed by atoms with van der Waals surface area (Å²) < 4.78 is 11.1. The predicted molar refractivity (Wildman–Crippen MR) is 217 cm³/mol. The molecule has 3 aromatic rings. The molecule has 0 unspecified atom stereocenters. The number of aliphatic hydroxyl groups is 1. The maximum Gasteiger partial charge on any atom is 0.342 e. The molecule has 0 radical (unpaired) electrons. The van der Waals surface area contributed by atoms with E-state index in [1.807, 2.05) is 95.3 Å². The van der Waals surface area contributed by atoms with Gasteiger partial charge in [0, 0.05) is 28.6 Å². The van der Waals surface area contributed by atoms with E-state index in [-0.39, 0.29) is 54.4 Å². The third-order valence-corrected chi connectivity index (χ3v) is 11.0. The van der Waals surface area contributed by atoms with E-state index in [9.17, 15) is 24.3 Å². The molecule has 0 spiro atoms. The van der Waals surface area contributed by atoms with Crippen LogP contribution in [0.15, 0.2) is 76.9 Å². The zero-order valence-corrected chi connectivity index (χ0v) is 33.3. The molecular formula is C44H56N4O7. The maximum absolute atomic E-state index is 14.1. The summed E-state index contributed by atoms with van der Waals surface area (Å²) in [5.41, 5.74) is 1.70. The summed E-state index contributed by atoms with van der Waals surface area (Å²) in [5, 5.41) is 15.7. The average Bonchev–Trinajstić information content (AvgIpc) is 3.74. The van der Waals surface area contributed by atoms with Crippen molar-refractivity contribution in [3.8, 4) is 11.1 Å². The topological polar surface area (TPSA) is 159 Å². The van der Waals surface area contributed by atoms with Crippen LogP contribution in [0.2, 0.25) is 0 Å². The number of anilines is 1. The van der Waals surface area contributed by atoms with E-state index in [4.69, 9.17) is 14.5 Å². The third kappa shape index (κ3) is 8.99. The number of carbonyl (C=O) groups is 4. The molecule has 1 aliphatic rings. The van der Waals surface area contributed by atoms with Crippen LogP contribution in [-0.4, -0.2) is 59.5 Å². The lowest BCUT2D eigenvalue weighted by atomic mass is 9.77. The predicted octanol–water partition coefficient (Wildman–Crippen LogP) is 8.48.